The third kappa shape index (κ3) is 6.02. The number of rotatable bonds is 8. The first-order valence-corrected chi connectivity index (χ1v) is 13.2. The van der Waals surface area contributed by atoms with E-state index in [0.29, 0.717) is 46.0 Å². The third-order valence-corrected chi connectivity index (χ3v) is 6.91. The molecule has 0 bridgehead atoms. The van der Waals surface area contributed by atoms with E-state index >= 15 is 0 Å². The van der Waals surface area contributed by atoms with E-state index in [-0.39, 0.29) is 16.9 Å². The van der Waals surface area contributed by atoms with Gasteiger partial charge in [-0.25, -0.2) is 4.79 Å². The fourth-order valence-electron chi connectivity index (χ4n) is 4.58. The normalized spacial score (nSPS) is 13.9. The lowest BCUT2D eigenvalue weighted by Crippen LogP contribution is -2.46. The second-order valence-corrected chi connectivity index (χ2v) is 9.81. The van der Waals surface area contributed by atoms with Crippen molar-refractivity contribution in [2.24, 2.45) is 0 Å². The van der Waals surface area contributed by atoms with E-state index < -0.39 is 5.97 Å². The summed E-state index contributed by atoms with van der Waals surface area (Å²) in [7, 11) is 0. The Hall–Kier alpha value is -4.01. The van der Waals surface area contributed by atoms with Crippen LogP contribution in [0.1, 0.15) is 29.3 Å². The number of hydrogen-bond donors (Lipinski definition) is 1. The number of fused-ring (bicyclic) bond motifs is 1. The summed E-state index contributed by atoms with van der Waals surface area (Å²) in [6, 6.07) is 17.2. The highest BCUT2D eigenvalue weighted by Crippen LogP contribution is 2.30. The molecule has 0 amide bonds. The molecule has 39 heavy (non-hydrogen) atoms. The Morgan fingerprint density at radius 2 is 1.82 bits per heavy atom. The van der Waals surface area contributed by atoms with Crippen LogP contribution in [0.5, 0.6) is 17.2 Å². The number of anilines is 1. The Morgan fingerprint density at radius 1 is 1.05 bits per heavy atom. The second-order valence-electron chi connectivity index (χ2n) is 9.37. The lowest BCUT2D eigenvalue weighted by molar-refractivity contribution is 0.0505. The minimum absolute atomic E-state index is 0.00980. The highest BCUT2D eigenvalue weighted by atomic mass is 35.5. The minimum atomic E-state index is -0.410. The zero-order chi connectivity index (χ0) is 27.4. The van der Waals surface area contributed by atoms with Crippen LogP contribution in [0.25, 0.3) is 11.0 Å². The van der Waals surface area contributed by atoms with Crippen molar-refractivity contribution < 1.29 is 23.8 Å². The molecule has 0 unspecified atom stereocenters. The zero-order valence-electron chi connectivity index (χ0n) is 21.6. The molecule has 9 heteroatoms. The van der Waals surface area contributed by atoms with E-state index in [1.807, 2.05) is 31.2 Å². The van der Waals surface area contributed by atoms with Gasteiger partial charge >= 0.3 is 5.97 Å². The number of carbonyl (C=O) groups is 1. The van der Waals surface area contributed by atoms with Crippen LogP contribution in [0.2, 0.25) is 5.02 Å². The molecule has 0 spiro atoms. The molecule has 2 heterocycles. The van der Waals surface area contributed by atoms with E-state index in [0.717, 1.165) is 38.3 Å². The van der Waals surface area contributed by atoms with Crippen LogP contribution in [0, 0.1) is 0 Å². The first-order valence-electron chi connectivity index (χ1n) is 12.9. The lowest BCUT2D eigenvalue weighted by atomic mass is 10.1. The van der Waals surface area contributed by atoms with Crippen LogP contribution < -0.4 is 15.1 Å². The molecule has 4 aromatic rings. The number of halogens is 1. The number of phenolic OH excluding ortho intramolecular Hbond substituents is 1. The predicted molar refractivity (Wildman–Crippen MR) is 150 cm³/mol. The molecule has 0 atom stereocenters. The molecule has 202 valence electrons. The van der Waals surface area contributed by atoms with Gasteiger partial charge in [0, 0.05) is 43.4 Å². The number of ether oxygens (including phenoxy) is 2. The number of carbonyl (C=O) groups excluding carboxylic acids is 1. The minimum Gasteiger partial charge on any atom is -0.507 e. The Morgan fingerprint density at radius 3 is 2.54 bits per heavy atom. The fraction of sp³-hybridized carbons (Fsp3) is 0.267. The number of hydrogen-bond acceptors (Lipinski definition) is 8. The average Bonchev–Trinajstić information content (AvgIpc) is 2.95. The molecule has 1 aromatic heterocycles. The van der Waals surface area contributed by atoms with Crippen LogP contribution >= 0.6 is 11.6 Å². The van der Waals surface area contributed by atoms with Crippen molar-refractivity contribution in [2.45, 2.75) is 19.9 Å². The summed E-state index contributed by atoms with van der Waals surface area (Å²) in [4.78, 5) is 29.7. The van der Waals surface area contributed by atoms with Crippen LogP contribution in [-0.4, -0.2) is 48.8 Å². The number of phenols is 1. The maximum absolute atomic E-state index is 13.2. The van der Waals surface area contributed by atoms with Crippen LogP contribution in [0.15, 0.2) is 76.1 Å². The molecule has 0 aliphatic carbocycles. The van der Waals surface area contributed by atoms with Crippen LogP contribution in [0.4, 0.5) is 5.69 Å². The van der Waals surface area contributed by atoms with Crippen molar-refractivity contribution in [1.82, 2.24) is 4.90 Å². The SMILES string of the molecule is CCCOC(=O)c1ccc(Oc2coc3c(CN4CCN(c5cccc(Cl)c5)CC4)c(O)ccc3c2=O)cc1. The number of aromatic hydroxyl groups is 1. The highest BCUT2D eigenvalue weighted by molar-refractivity contribution is 6.30. The van der Waals surface area contributed by atoms with E-state index in [2.05, 4.69) is 9.80 Å². The standard InChI is InChI=1S/C30H29ClN2O6/c1-2-16-37-30(36)20-6-8-23(9-7-20)39-27-19-38-29-24(28(27)35)10-11-26(34)25(29)18-32-12-14-33(15-13-32)22-5-3-4-21(31)17-22/h3-11,17,19,34H,2,12-16,18H2,1H3. The van der Waals surface area contributed by atoms with Crippen molar-refractivity contribution >= 4 is 34.2 Å². The van der Waals surface area contributed by atoms with Gasteiger partial charge in [-0.3, -0.25) is 9.69 Å². The van der Waals surface area contributed by atoms with Gasteiger partial charge in [0.15, 0.2) is 0 Å². The topological polar surface area (TPSA) is 92.5 Å². The molecule has 1 fully saturated rings. The first-order chi connectivity index (χ1) is 18.9. The summed E-state index contributed by atoms with van der Waals surface area (Å²) in [6.07, 6.45) is 2.00. The van der Waals surface area contributed by atoms with E-state index in [4.69, 9.17) is 25.5 Å². The molecule has 0 saturated carbocycles. The van der Waals surface area contributed by atoms with Crippen LogP contribution in [-0.2, 0) is 11.3 Å². The molecule has 8 nitrogen and oxygen atoms in total. The number of esters is 1. The van der Waals surface area contributed by atoms with Crippen LogP contribution in [0.3, 0.4) is 0 Å². The van der Waals surface area contributed by atoms with Gasteiger partial charge < -0.3 is 23.9 Å². The quantitative estimate of drug-likeness (QED) is 0.275. The van der Waals surface area contributed by atoms with Gasteiger partial charge in [0.25, 0.3) is 0 Å². The fourth-order valence-corrected chi connectivity index (χ4v) is 4.76. The molecule has 5 rings (SSSR count). The Bertz CT molecular complexity index is 1530. The third-order valence-electron chi connectivity index (χ3n) is 6.67. The highest BCUT2D eigenvalue weighted by Gasteiger charge is 2.22. The van der Waals surface area contributed by atoms with Crippen molar-refractivity contribution in [3.05, 3.63) is 93.3 Å². The molecule has 3 aromatic carbocycles. The maximum Gasteiger partial charge on any atom is 0.338 e. The summed E-state index contributed by atoms with van der Waals surface area (Å²) >= 11 is 6.15. The van der Waals surface area contributed by atoms with Crippen molar-refractivity contribution in [3.8, 4) is 17.2 Å². The Labute approximate surface area is 230 Å². The largest absolute Gasteiger partial charge is 0.507 e. The predicted octanol–water partition coefficient (Wildman–Crippen LogP) is 5.83. The smallest absolute Gasteiger partial charge is 0.338 e. The van der Waals surface area contributed by atoms with Gasteiger partial charge in [-0.05, 0) is 61.0 Å². The van der Waals surface area contributed by atoms with Gasteiger partial charge in [0.1, 0.15) is 23.3 Å². The summed E-state index contributed by atoms with van der Waals surface area (Å²) in [5.41, 5.74) is 2.02. The summed E-state index contributed by atoms with van der Waals surface area (Å²) < 4.78 is 16.7. The molecule has 1 saturated heterocycles. The molecule has 1 aliphatic rings. The van der Waals surface area contributed by atoms with E-state index in [1.165, 1.54) is 18.4 Å². The first kappa shape index (κ1) is 26.6. The number of benzene rings is 3. The monoisotopic (exact) mass is 548 g/mol. The lowest BCUT2D eigenvalue weighted by Gasteiger charge is -2.36. The Balaban J connectivity index is 1.30. The van der Waals surface area contributed by atoms with Crippen molar-refractivity contribution in [3.63, 3.8) is 0 Å². The zero-order valence-corrected chi connectivity index (χ0v) is 22.3. The van der Waals surface area contributed by atoms with Gasteiger partial charge in [0.05, 0.1) is 23.1 Å². The van der Waals surface area contributed by atoms with Crippen molar-refractivity contribution in [2.75, 3.05) is 37.7 Å². The van der Waals surface area contributed by atoms with Crippen molar-refractivity contribution in [1.29, 1.82) is 0 Å². The number of piperazine rings is 1. The molecule has 0 radical (unpaired) electrons. The second kappa shape index (κ2) is 11.8. The maximum atomic E-state index is 13.2. The molecule has 1 N–H and O–H groups in total. The van der Waals surface area contributed by atoms with E-state index in [1.54, 1.807) is 24.3 Å². The van der Waals surface area contributed by atoms with Gasteiger partial charge in [-0.15, -0.1) is 0 Å². The number of nitrogens with zero attached hydrogens (tertiary/aromatic N) is 2. The Kier molecular flexibility index (Phi) is 8.05. The summed E-state index contributed by atoms with van der Waals surface area (Å²) in [5, 5.41) is 11.7. The van der Waals surface area contributed by atoms with Gasteiger partial charge in [-0.1, -0.05) is 24.6 Å². The molecular weight excluding hydrogens is 520 g/mol. The average molecular weight is 549 g/mol. The van der Waals surface area contributed by atoms with Gasteiger partial charge in [-0.2, -0.15) is 0 Å². The molecular formula is C30H29ClN2O6. The summed E-state index contributed by atoms with van der Waals surface area (Å²) in [6.45, 7) is 5.88. The molecule has 1 aliphatic heterocycles. The summed E-state index contributed by atoms with van der Waals surface area (Å²) in [5.74, 6) is 0.0508. The van der Waals surface area contributed by atoms with E-state index in [9.17, 15) is 14.7 Å². The van der Waals surface area contributed by atoms with Gasteiger partial charge in [0.2, 0.25) is 11.2 Å².